The number of amides is 1. The van der Waals surface area contributed by atoms with Crippen molar-refractivity contribution < 1.29 is 4.79 Å². The van der Waals surface area contributed by atoms with Gasteiger partial charge >= 0.3 is 0 Å². The maximum atomic E-state index is 11.7. The molecule has 144 valence electrons. The van der Waals surface area contributed by atoms with Crippen molar-refractivity contribution in [1.29, 1.82) is 0 Å². The van der Waals surface area contributed by atoms with Crippen LogP contribution in [-0.4, -0.2) is 26.9 Å². The molecule has 0 fully saturated rings. The topological polar surface area (TPSA) is 86.2 Å². The van der Waals surface area contributed by atoms with E-state index in [0.717, 1.165) is 58.9 Å². The molecule has 6 heteroatoms. The van der Waals surface area contributed by atoms with Crippen molar-refractivity contribution in [1.82, 2.24) is 14.8 Å². The molecule has 0 saturated heterocycles. The third-order valence-electron chi connectivity index (χ3n) is 5.53. The van der Waals surface area contributed by atoms with Gasteiger partial charge in [0.15, 0.2) is 0 Å². The Hall–Kier alpha value is -3.54. The molecule has 2 aliphatic heterocycles. The summed E-state index contributed by atoms with van der Waals surface area (Å²) in [6, 6.07) is 11.5. The number of aryl methyl sites for hydroxylation is 2. The van der Waals surface area contributed by atoms with Crippen LogP contribution in [0.5, 0.6) is 0 Å². The van der Waals surface area contributed by atoms with Gasteiger partial charge in [-0.2, -0.15) is 5.10 Å². The minimum atomic E-state index is -0.428. The lowest BCUT2D eigenvalue weighted by Gasteiger charge is -2.11. The summed E-state index contributed by atoms with van der Waals surface area (Å²) in [4.78, 5) is 20.9. The lowest BCUT2D eigenvalue weighted by Crippen LogP contribution is -2.11. The molecule has 2 aliphatic rings. The van der Waals surface area contributed by atoms with E-state index in [0.29, 0.717) is 12.0 Å². The highest BCUT2D eigenvalue weighted by atomic mass is 16.1. The van der Waals surface area contributed by atoms with E-state index in [1.165, 1.54) is 5.69 Å². The van der Waals surface area contributed by atoms with Crippen LogP contribution >= 0.6 is 0 Å². The fourth-order valence-corrected chi connectivity index (χ4v) is 4.17. The Balaban J connectivity index is 1.65. The number of allylic oxidation sites excluding steroid dienone is 2. The number of fused-ring (bicyclic) bond motifs is 2. The van der Waals surface area contributed by atoms with Crippen LogP contribution in [0.1, 0.15) is 39.3 Å². The highest BCUT2D eigenvalue weighted by molar-refractivity contribution is 5.96. The Morgan fingerprint density at radius 1 is 1.21 bits per heavy atom. The van der Waals surface area contributed by atoms with E-state index >= 15 is 0 Å². The molecular formula is C23H21N5O. The number of primary amides is 1. The molecule has 0 spiro atoms. The Morgan fingerprint density at radius 2 is 2.10 bits per heavy atom. The quantitative estimate of drug-likeness (QED) is 0.749. The van der Waals surface area contributed by atoms with Gasteiger partial charge in [-0.15, -0.1) is 0 Å². The fraction of sp³-hybridized carbons (Fsp3) is 0.217. The Bertz CT molecular complexity index is 1200. The van der Waals surface area contributed by atoms with E-state index in [4.69, 9.17) is 15.8 Å². The molecule has 0 unspecified atom stereocenters. The van der Waals surface area contributed by atoms with Gasteiger partial charge in [-0.25, -0.2) is 0 Å². The second-order valence-electron chi connectivity index (χ2n) is 7.52. The van der Waals surface area contributed by atoms with E-state index in [9.17, 15) is 4.79 Å². The molecule has 6 nitrogen and oxygen atoms in total. The van der Waals surface area contributed by atoms with Crippen molar-refractivity contribution in [3.05, 3.63) is 70.6 Å². The molecule has 0 atom stereocenters. The summed E-state index contributed by atoms with van der Waals surface area (Å²) >= 11 is 0. The minimum absolute atomic E-state index is 0.428. The summed E-state index contributed by atoms with van der Waals surface area (Å²) in [6.45, 7) is 2.92. The number of carbonyl (C=O) groups is 1. The second-order valence-corrected chi connectivity index (χ2v) is 7.52. The van der Waals surface area contributed by atoms with E-state index in [1.807, 2.05) is 43.5 Å². The van der Waals surface area contributed by atoms with Gasteiger partial charge in [-0.3, -0.25) is 19.5 Å². The molecule has 0 aliphatic carbocycles. The van der Waals surface area contributed by atoms with Gasteiger partial charge < -0.3 is 5.73 Å². The molecule has 0 radical (unpaired) electrons. The summed E-state index contributed by atoms with van der Waals surface area (Å²) in [5.74, 6) is -0.428. The zero-order valence-electron chi connectivity index (χ0n) is 16.2. The minimum Gasteiger partial charge on any atom is -0.366 e. The largest absolute Gasteiger partial charge is 0.366 e. The van der Waals surface area contributed by atoms with Gasteiger partial charge in [-0.05, 0) is 67.3 Å². The van der Waals surface area contributed by atoms with Gasteiger partial charge in [0.05, 0.1) is 11.4 Å². The van der Waals surface area contributed by atoms with Crippen LogP contribution < -0.4 is 5.73 Å². The maximum absolute atomic E-state index is 11.7. The van der Waals surface area contributed by atoms with Gasteiger partial charge in [0, 0.05) is 41.7 Å². The lowest BCUT2D eigenvalue weighted by atomic mass is 9.93. The molecular weight excluding hydrogens is 362 g/mol. The predicted octanol–water partition coefficient (Wildman–Crippen LogP) is 3.64. The van der Waals surface area contributed by atoms with Crippen LogP contribution in [0.2, 0.25) is 0 Å². The number of rotatable bonds is 3. The van der Waals surface area contributed by atoms with Crippen LogP contribution in [-0.2, 0) is 19.4 Å². The number of pyridine rings is 1. The van der Waals surface area contributed by atoms with Gasteiger partial charge in [0.1, 0.15) is 5.69 Å². The highest BCUT2D eigenvalue weighted by Gasteiger charge is 2.26. The number of nitrogens with two attached hydrogens (primary N) is 1. The van der Waals surface area contributed by atoms with Crippen LogP contribution in [0.3, 0.4) is 0 Å². The summed E-state index contributed by atoms with van der Waals surface area (Å²) in [6.07, 6.45) is 6.64. The second kappa shape index (κ2) is 6.81. The summed E-state index contributed by atoms with van der Waals surface area (Å²) in [5.41, 5.74) is 14.1. The standard InChI is InChI=1S/C23H21N5O/c1-14-4-2-5-19(26-14)22-21(20-6-3-11-28(20)27-22)15-9-10-25-18-8-7-16(23(24)29)13-17(18)12-15/h2,4-5,7-10,13H,3,6,11-12H2,1H3,(H2,24,29). The Labute approximate surface area is 168 Å². The Kier molecular flexibility index (Phi) is 4.12. The first kappa shape index (κ1) is 17.6. The summed E-state index contributed by atoms with van der Waals surface area (Å²) in [5, 5.41) is 4.90. The van der Waals surface area contributed by atoms with Crippen LogP contribution in [0.25, 0.3) is 17.0 Å². The van der Waals surface area contributed by atoms with Gasteiger partial charge in [0.25, 0.3) is 0 Å². The fourth-order valence-electron chi connectivity index (χ4n) is 4.17. The smallest absolute Gasteiger partial charge is 0.248 e. The number of aromatic nitrogens is 3. The van der Waals surface area contributed by atoms with Crippen molar-refractivity contribution in [2.75, 3.05) is 0 Å². The number of hydrogen-bond acceptors (Lipinski definition) is 4. The third-order valence-corrected chi connectivity index (χ3v) is 5.53. The summed E-state index contributed by atoms with van der Waals surface area (Å²) in [7, 11) is 0. The van der Waals surface area contributed by atoms with E-state index in [-0.39, 0.29) is 0 Å². The molecule has 5 rings (SSSR count). The number of aliphatic imine (C=N–C) groups is 1. The highest BCUT2D eigenvalue weighted by Crippen LogP contribution is 2.37. The number of benzene rings is 1. The molecule has 29 heavy (non-hydrogen) atoms. The zero-order chi connectivity index (χ0) is 20.0. The van der Waals surface area contributed by atoms with Crippen molar-refractivity contribution in [3.63, 3.8) is 0 Å². The average molecular weight is 383 g/mol. The molecule has 2 N–H and O–H groups in total. The van der Waals surface area contributed by atoms with Gasteiger partial charge in [0.2, 0.25) is 5.91 Å². The molecule has 1 aromatic carbocycles. The number of nitrogens with zero attached hydrogens (tertiary/aromatic N) is 4. The van der Waals surface area contributed by atoms with Crippen molar-refractivity contribution in [2.45, 2.75) is 32.7 Å². The average Bonchev–Trinajstić information content (AvgIpc) is 3.22. The third kappa shape index (κ3) is 3.06. The SMILES string of the molecule is Cc1cccc(-c2nn3c(c2C2=CC=Nc4ccc(C(N)=O)cc4C2)CCC3)n1. The van der Waals surface area contributed by atoms with Crippen molar-refractivity contribution in [3.8, 4) is 11.4 Å². The first-order valence-corrected chi connectivity index (χ1v) is 9.80. The summed E-state index contributed by atoms with van der Waals surface area (Å²) < 4.78 is 2.11. The van der Waals surface area contributed by atoms with Crippen LogP contribution in [0.4, 0.5) is 5.69 Å². The predicted molar refractivity (Wildman–Crippen MR) is 113 cm³/mol. The lowest BCUT2D eigenvalue weighted by molar-refractivity contribution is 0.1000. The normalized spacial score (nSPS) is 14.9. The van der Waals surface area contributed by atoms with Crippen molar-refractivity contribution in [2.24, 2.45) is 10.7 Å². The first-order valence-electron chi connectivity index (χ1n) is 9.80. The molecule has 0 bridgehead atoms. The van der Waals surface area contributed by atoms with E-state index in [1.54, 1.807) is 6.07 Å². The number of carbonyl (C=O) groups excluding carboxylic acids is 1. The first-order chi connectivity index (χ1) is 14.1. The maximum Gasteiger partial charge on any atom is 0.248 e. The molecule has 2 aromatic heterocycles. The monoisotopic (exact) mass is 383 g/mol. The van der Waals surface area contributed by atoms with Crippen LogP contribution in [0, 0.1) is 6.92 Å². The van der Waals surface area contributed by atoms with Crippen LogP contribution in [0.15, 0.2) is 47.5 Å². The molecule has 0 saturated carbocycles. The van der Waals surface area contributed by atoms with E-state index in [2.05, 4.69) is 15.8 Å². The van der Waals surface area contributed by atoms with E-state index < -0.39 is 5.91 Å². The van der Waals surface area contributed by atoms with Gasteiger partial charge in [-0.1, -0.05) is 6.07 Å². The number of hydrogen-bond donors (Lipinski definition) is 1. The zero-order valence-corrected chi connectivity index (χ0v) is 16.2. The molecule has 1 amide bonds. The molecule has 4 heterocycles. The van der Waals surface area contributed by atoms with Crippen molar-refractivity contribution >= 4 is 23.4 Å². The molecule has 3 aromatic rings. The Morgan fingerprint density at radius 3 is 2.93 bits per heavy atom.